The van der Waals surface area contributed by atoms with E-state index in [1.54, 1.807) is 6.26 Å². The molecule has 1 aliphatic carbocycles. The van der Waals surface area contributed by atoms with E-state index in [2.05, 4.69) is 20.4 Å². The summed E-state index contributed by atoms with van der Waals surface area (Å²) in [6, 6.07) is 9.39. The number of carbonyl (C=O) groups is 1. The van der Waals surface area contributed by atoms with Crippen LogP contribution < -0.4 is 19.7 Å². The van der Waals surface area contributed by atoms with Gasteiger partial charge in [-0.15, -0.1) is 10.2 Å². The molecule has 1 spiro atoms. The first-order valence-corrected chi connectivity index (χ1v) is 13.3. The van der Waals surface area contributed by atoms with E-state index < -0.39 is 5.79 Å². The molecule has 2 aromatic heterocycles. The van der Waals surface area contributed by atoms with Crippen LogP contribution in [0.3, 0.4) is 0 Å². The Labute approximate surface area is 208 Å². The minimum Gasteiger partial charge on any atom is -0.467 e. The van der Waals surface area contributed by atoms with Crippen molar-refractivity contribution in [1.29, 1.82) is 0 Å². The summed E-state index contributed by atoms with van der Waals surface area (Å²) in [5.41, 5.74) is 0.694. The number of benzene rings is 1. The summed E-state index contributed by atoms with van der Waals surface area (Å²) >= 11 is 1.37. The van der Waals surface area contributed by atoms with Gasteiger partial charge in [0.2, 0.25) is 11.9 Å². The summed E-state index contributed by atoms with van der Waals surface area (Å²) in [6.07, 6.45) is 9.23. The summed E-state index contributed by atoms with van der Waals surface area (Å²) in [5, 5.41) is 12.6. The van der Waals surface area contributed by atoms with Gasteiger partial charge in [0.1, 0.15) is 5.76 Å². The summed E-state index contributed by atoms with van der Waals surface area (Å²) in [7, 11) is 0. The molecule has 1 saturated carbocycles. The van der Waals surface area contributed by atoms with Gasteiger partial charge >= 0.3 is 0 Å². The first kappa shape index (κ1) is 22.3. The number of ether oxygens (including phenoxy) is 2. The van der Waals surface area contributed by atoms with Gasteiger partial charge in [-0.3, -0.25) is 9.36 Å². The normalized spacial score (nSPS) is 18.3. The summed E-state index contributed by atoms with van der Waals surface area (Å²) in [5.74, 6) is 2.70. The highest BCUT2D eigenvalue weighted by Gasteiger charge is 2.44. The molecule has 35 heavy (non-hydrogen) atoms. The lowest BCUT2D eigenvalue weighted by molar-refractivity contribution is -0.113. The molecule has 3 aromatic rings. The van der Waals surface area contributed by atoms with E-state index in [1.807, 2.05) is 34.9 Å². The van der Waals surface area contributed by atoms with E-state index in [1.165, 1.54) is 18.2 Å². The zero-order chi connectivity index (χ0) is 23.7. The maximum atomic E-state index is 12.8. The molecule has 2 aliphatic heterocycles. The van der Waals surface area contributed by atoms with E-state index in [0.29, 0.717) is 23.1 Å². The van der Waals surface area contributed by atoms with Gasteiger partial charge in [0.05, 0.1) is 18.6 Å². The van der Waals surface area contributed by atoms with Crippen LogP contribution in [0.15, 0.2) is 46.2 Å². The van der Waals surface area contributed by atoms with E-state index in [0.717, 1.165) is 69.1 Å². The average molecular weight is 496 g/mol. The molecule has 1 aromatic carbocycles. The number of nitrogens with one attached hydrogen (secondary N) is 1. The number of anilines is 2. The summed E-state index contributed by atoms with van der Waals surface area (Å²) in [6.45, 7) is 2.46. The number of fused-ring (bicyclic) bond motifs is 1. The van der Waals surface area contributed by atoms with Crippen molar-refractivity contribution in [2.45, 2.75) is 62.4 Å². The van der Waals surface area contributed by atoms with Crippen LogP contribution in [0.5, 0.6) is 11.5 Å². The third-order valence-electron chi connectivity index (χ3n) is 6.75. The van der Waals surface area contributed by atoms with Crippen molar-refractivity contribution < 1.29 is 18.7 Å². The Kier molecular flexibility index (Phi) is 6.05. The zero-order valence-corrected chi connectivity index (χ0v) is 20.4. The van der Waals surface area contributed by atoms with Gasteiger partial charge in [0.25, 0.3) is 5.79 Å². The minimum absolute atomic E-state index is 0.114. The molecule has 4 heterocycles. The van der Waals surface area contributed by atoms with Crippen molar-refractivity contribution in [3.63, 3.8) is 0 Å². The maximum Gasteiger partial charge on any atom is 0.251 e. The lowest BCUT2D eigenvalue weighted by Gasteiger charge is -2.27. The Morgan fingerprint density at radius 3 is 2.66 bits per heavy atom. The fourth-order valence-electron chi connectivity index (χ4n) is 5.03. The Hall–Kier alpha value is -3.14. The standard InChI is InChI=1S/C25H29N5O4S/c31-22(26-18-8-9-20-21(15-18)34-25(33-20)10-2-3-11-25)17-35-24-28-27-23(29-12-4-1-5-13-29)30(24)16-19-7-6-14-32-19/h6-9,14-15H,1-5,10-13,16-17H2,(H,26,31). The molecule has 6 rings (SSSR count). The molecule has 0 radical (unpaired) electrons. The van der Waals surface area contributed by atoms with Crippen LogP contribution in [0.4, 0.5) is 11.6 Å². The molecule has 2 fully saturated rings. The second-order valence-corrected chi connectivity index (χ2v) is 10.3. The summed E-state index contributed by atoms with van der Waals surface area (Å²) in [4.78, 5) is 15.1. The lowest BCUT2D eigenvalue weighted by atomic mass is 10.1. The Bertz CT molecular complexity index is 1180. The average Bonchev–Trinajstić information content (AvgIpc) is 3.67. The van der Waals surface area contributed by atoms with Crippen LogP contribution >= 0.6 is 11.8 Å². The topological polar surface area (TPSA) is 94.7 Å². The fourth-order valence-corrected chi connectivity index (χ4v) is 5.76. The molecular weight excluding hydrogens is 466 g/mol. The molecule has 9 nitrogen and oxygen atoms in total. The van der Waals surface area contributed by atoms with Crippen molar-refractivity contribution in [1.82, 2.24) is 14.8 Å². The molecule has 0 unspecified atom stereocenters. The highest BCUT2D eigenvalue weighted by molar-refractivity contribution is 7.99. The fraction of sp³-hybridized carbons (Fsp3) is 0.480. The molecule has 1 amide bonds. The number of hydrogen-bond acceptors (Lipinski definition) is 8. The predicted octanol–water partition coefficient (Wildman–Crippen LogP) is 4.68. The number of aromatic nitrogens is 3. The van der Waals surface area contributed by atoms with Crippen LogP contribution in [-0.2, 0) is 11.3 Å². The van der Waals surface area contributed by atoms with Gasteiger partial charge in [-0.1, -0.05) is 11.8 Å². The second-order valence-electron chi connectivity index (χ2n) is 9.32. The van der Waals surface area contributed by atoms with Crippen molar-refractivity contribution in [2.24, 2.45) is 0 Å². The number of rotatable bonds is 7. The Balaban J connectivity index is 1.12. The molecule has 0 atom stereocenters. The van der Waals surface area contributed by atoms with Crippen molar-refractivity contribution in [2.75, 3.05) is 29.1 Å². The number of piperidine rings is 1. The number of nitrogens with zero attached hydrogens (tertiary/aromatic N) is 4. The molecule has 1 N–H and O–H groups in total. The van der Waals surface area contributed by atoms with Crippen LogP contribution in [0.25, 0.3) is 0 Å². The van der Waals surface area contributed by atoms with E-state index >= 15 is 0 Å². The van der Waals surface area contributed by atoms with E-state index in [4.69, 9.17) is 13.9 Å². The third kappa shape index (κ3) is 4.71. The van der Waals surface area contributed by atoms with Gasteiger partial charge in [-0.25, -0.2) is 0 Å². The molecular formula is C25H29N5O4S. The number of hydrogen-bond donors (Lipinski definition) is 1. The lowest BCUT2D eigenvalue weighted by Crippen LogP contribution is -2.34. The Morgan fingerprint density at radius 1 is 1.03 bits per heavy atom. The predicted molar refractivity (Wildman–Crippen MR) is 132 cm³/mol. The first-order valence-electron chi connectivity index (χ1n) is 12.3. The number of carbonyl (C=O) groups excluding carboxylic acids is 1. The highest BCUT2D eigenvalue weighted by atomic mass is 32.2. The van der Waals surface area contributed by atoms with Crippen molar-refractivity contribution in [3.8, 4) is 11.5 Å². The van der Waals surface area contributed by atoms with Crippen LogP contribution in [0.1, 0.15) is 50.7 Å². The summed E-state index contributed by atoms with van der Waals surface area (Å²) < 4.78 is 19.8. The van der Waals surface area contributed by atoms with Crippen LogP contribution in [0, 0.1) is 0 Å². The van der Waals surface area contributed by atoms with Gasteiger partial charge in [0.15, 0.2) is 16.7 Å². The van der Waals surface area contributed by atoms with Crippen LogP contribution in [0.2, 0.25) is 0 Å². The smallest absolute Gasteiger partial charge is 0.251 e. The van der Waals surface area contributed by atoms with Gasteiger partial charge in [-0.05, 0) is 56.4 Å². The quantitative estimate of drug-likeness (QED) is 0.472. The third-order valence-corrected chi connectivity index (χ3v) is 7.71. The molecule has 1 saturated heterocycles. The molecule has 0 bridgehead atoms. The van der Waals surface area contributed by atoms with Gasteiger partial charge in [-0.2, -0.15) is 0 Å². The van der Waals surface area contributed by atoms with Crippen molar-refractivity contribution >= 4 is 29.3 Å². The SMILES string of the molecule is O=C(CSc1nnc(N2CCCCC2)n1Cc1ccco1)Nc1ccc2c(c1)OC1(CCCC1)O2. The van der Waals surface area contributed by atoms with Gasteiger partial charge < -0.3 is 24.1 Å². The number of amides is 1. The molecule has 184 valence electrons. The molecule has 3 aliphatic rings. The highest BCUT2D eigenvalue weighted by Crippen LogP contribution is 2.47. The monoisotopic (exact) mass is 495 g/mol. The van der Waals surface area contributed by atoms with Crippen LogP contribution in [-0.4, -0.2) is 45.3 Å². The largest absolute Gasteiger partial charge is 0.467 e. The first-order chi connectivity index (χ1) is 17.2. The van der Waals surface area contributed by atoms with Gasteiger partial charge in [0, 0.05) is 37.7 Å². The number of thioether (sulfide) groups is 1. The molecule has 10 heteroatoms. The Morgan fingerprint density at radius 2 is 1.86 bits per heavy atom. The van der Waals surface area contributed by atoms with E-state index in [9.17, 15) is 4.79 Å². The second kappa shape index (κ2) is 9.49. The maximum absolute atomic E-state index is 12.8. The minimum atomic E-state index is -0.509. The number of furan rings is 1. The van der Waals surface area contributed by atoms with Crippen molar-refractivity contribution in [3.05, 3.63) is 42.4 Å². The zero-order valence-electron chi connectivity index (χ0n) is 19.6. The van der Waals surface area contributed by atoms with E-state index in [-0.39, 0.29) is 11.7 Å².